The van der Waals surface area contributed by atoms with Crippen LogP contribution in [-0.4, -0.2) is 15.0 Å². The standard InChI is InChI=1S/C13H12N4/c1-2-12-13(16-6-5-15-12)7-11(1)17-9-10-3-4-14-8-10/h1-8,14,17H,9H2. The molecule has 0 aliphatic rings. The van der Waals surface area contributed by atoms with Crippen LogP contribution in [-0.2, 0) is 6.54 Å². The number of hydrogen-bond acceptors (Lipinski definition) is 3. The van der Waals surface area contributed by atoms with Gasteiger partial charge in [-0.15, -0.1) is 0 Å². The van der Waals surface area contributed by atoms with Crippen LogP contribution in [0.5, 0.6) is 0 Å². The minimum absolute atomic E-state index is 0.801. The van der Waals surface area contributed by atoms with Gasteiger partial charge in [0, 0.05) is 37.0 Å². The largest absolute Gasteiger partial charge is 0.381 e. The van der Waals surface area contributed by atoms with Crippen LogP contribution < -0.4 is 5.32 Å². The van der Waals surface area contributed by atoms with Gasteiger partial charge in [0.25, 0.3) is 0 Å². The number of rotatable bonds is 3. The Labute approximate surface area is 98.7 Å². The topological polar surface area (TPSA) is 53.6 Å². The van der Waals surface area contributed by atoms with E-state index in [0.717, 1.165) is 23.3 Å². The number of H-pyrrole nitrogens is 1. The number of anilines is 1. The number of benzene rings is 1. The minimum Gasteiger partial charge on any atom is -0.381 e. The molecule has 1 aromatic carbocycles. The maximum Gasteiger partial charge on any atom is 0.0907 e. The fourth-order valence-electron chi connectivity index (χ4n) is 1.75. The van der Waals surface area contributed by atoms with Crippen LogP contribution in [0.15, 0.2) is 49.1 Å². The van der Waals surface area contributed by atoms with E-state index < -0.39 is 0 Å². The summed E-state index contributed by atoms with van der Waals surface area (Å²) >= 11 is 0. The molecule has 3 rings (SSSR count). The van der Waals surface area contributed by atoms with Crippen molar-refractivity contribution in [3.63, 3.8) is 0 Å². The van der Waals surface area contributed by atoms with E-state index in [-0.39, 0.29) is 0 Å². The van der Waals surface area contributed by atoms with Crippen molar-refractivity contribution in [2.75, 3.05) is 5.32 Å². The summed E-state index contributed by atoms with van der Waals surface area (Å²) in [5.41, 5.74) is 4.11. The first-order chi connectivity index (χ1) is 8.42. The van der Waals surface area contributed by atoms with Crippen LogP contribution in [0.3, 0.4) is 0 Å². The van der Waals surface area contributed by atoms with Gasteiger partial charge < -0.3 is 10.3 Å². The zero-order valence-corrected chi connectivity index (χ0v) is 9.22. The Morgan fingerprint density at radius 2 is 1.94 bits per heavy atom. The van der Waals surface area contributed by atoms with E-state index >= 15 is 0 Å². The molecule has 0 unspecified atom stereocenters. The summed E-state index contributed by atoms with van der Waals surface area (Å²) in [5.74, 6) is 0. The first-order valence-electron chi connectivity index (χ1n) is 5.48. The zero-order valence-electron chi connectivity index (χ0n) is 9.22. The molecule has 0 saturated heterocycles. The van der Waals surface area contributed by atoms with Gasteiger partial charge in [0.2, 0.25) is 0 Å². The molecular formula is C13H12N4. The van der Waals surface area contributed by atoms with Crippen molar-refractivity contribution >= 4 is 16.7 Å². The predicted molar refractivity (Wildman–Crippen MR) is 67.7 cm³/mol. The smallest absolute Gasteiger partial charge is 0.0907 e. The van der Waals surface area contributed by atoms with Crippen molar-refractivity contribution < 1.29 is 0 Å². The molecule has 0 spiro atoms. The Hall–Kier alpha value is -2.36. The average molecular weight is 224 g/mol. The second kappa shape index (κ2) is 4.25. The summed E-state index contributed by atoms with van der Waals surface area (Å²) in [6.07, 6.45) is 7.31. The van der Waals surface area contributed by atoms with Gasteiger partial charge in [0.15, 0.2) is 0 Å². The molecule has 4 heteroatoms. The molecule has 2 aromatic heterocycles. The van der Waals surface area contributed by atoms with Crippen LogP contribution >= 0.6 is 0 Å². The van der Waals surface area contributed by atoms with Gasteiger partial charge in [-0.3, -0.25) is 9.97 Å². The first kappa shape index (κ1) is 9.84. The van der Waals surface area contributed by atoms with Gasteiger partial charge in [-0.05, 0) is 29.8 Å². The normalized spacial score (nSPS) is 10.6. The van der Waals surface area contributed by atoms with Gasteiger partial charge in [-0.1, -0.05) is 0 Å². The molecule has 0 aliphatic carbocycles. The van der Waals surface area contributed by atoms with Gasteiger partial charge in [-0.2, -0.15) is 0 Å². The SMILES string of the molecule is c1cnc2cc(NCc3cc[nH]c3)ccc2n1. The highest BCUT2D eigenvalue weighted by atomic mass is 14.9. The quantitative estimate of drug-likeness (QED) is 0.719. The lowest BCUT2D eigenvalue weighted by molar-refractivity contribution is 1.15. The fraction of sp³-hybridized carbons (Fsp3) is 0.0769. The highest BCUT2D eigenvalue weighted by Crippen LogP contribution is 2.15. The van der Waals surface area contributed by atoms with E-state index in [4.69, 9.17) is 0 Å². The summed E-state index contributed by atoms with van der Waals surface area (Å²) in [6, 6.07) is 8.05. The highest BCUT2D eigenvalue weighted by molar-refractivity contribution is 5.78. The zero-order chi connectivity index (χ0) is 11.5. The monoisotopic (exact) mass is 224 g/mol. The van der Waals surface area contributed by atoms with Crippen LogP contribution in [0.4, 0.5) is 5.69 Å². The van der Waals surface area contributed by atoms with E-state index in [9.17, 15) is 0 Å². The molecular weight excluding hydrogens is 212 g/mol. The molecule has 0 bridgehead atoms. The summed E-state index contributed by atoms with van der Waals surface area (Å²) in [5, 5.41) is 3.35. The Kier molecular flexibility index (Phi) is 2.46. The molecule has 3 aromatic rings. The van der Waals surface area contributed by atoms with Crippen molar-refractivity contribution in [3.05, 3.63) is 54.6 Å². The minimum atomic E-state index is 0.801. The number of hydrogen-bond donors (Lipinski definition) is 2. The molecule has 2 N–H and O–H groups in total. The lowest BCUT2D eigenvalue weighted by atomic mass is 10.2. The van der Waals surface area contributed by atoms with Crippen molar-refractivity contribution in [2.45, 2.75) is 6.54 Å². The molecule has 0 amide bonds. The summed E-state index contributed by atoms with van der Waals surface area (Å²) in [4.78, 5) is 11.5. The maximum absolute atomic E-state index is 4.28. The molecule has 0 fully saturated rings. The van der Waals surface area contributed by atoms with Crippen molar-refractivity contribution in [1.82, 2.24) is 15.0 Å². The molecule has 84 valence electrons. The van der Waals surface area contributed by atoms with Crippen molar-refractivity contribution in [3.8, 4) is 0 Å². The second-order valence-electron chi connectivity index (χ2n) is 3.83. The molecule has 0 radical (unpaired) electrons. The Morgan fingerprint density at radius 1 is 1.06 bits per heavy atom. The molecule has 2 heterocycles. The summed E-state index contributed by atoms with van der Waals surface area (Å²) < 4.78 is 0. The molecule has 0 aliphatic heterocycles. The maximum atomic E-state index is 4.28. The second-order valence-corrected chi connectivity index (χ2v) is 3.83. The van der Waals surface area contributed by atoms with Gasteiger partial charge >= 0.3 is 0 Å². The number of aromatic nitrogens is 3. The van der Waals surface area contributed by atoms with Crippen molar-refractivity contribution in [1.29, 1.82) is 0 Å². The predicted octanol–water partition coefficient (Wildman–Crippen LogP) is 2.57. The highest BCUT2D eigenvalue weighted by Gasteiger charge is 1.98. The Balaban J connectivity index is 1.81. The summed E-state index contributed by atoms with van der Waals surface area (Å²) in [7, 11) is 0. The number of nitrogens with zero attached hydrogens (tertiary/aromatic N) is 2. The Bertz CT molecular complexity index is 616. The molecule has 17 heavy (non-hydrogen) atoms. The lowest BCUT2D eigenvalue weighted by Crippen LogP contribution is -1.98. The van der Waals surface area contributed by atoms with Gasteiger partial charge in [0.05, 0.1) is 11.0 Å². The van der Waals surface area contributed by atoms with Crippen LogP contribution in [0, 0.1) is 0 Å². The van der Waals surface area contributed by atoms with Gasteiger partial charge in [0.1, 0.15) is 0 Å². The summed E-state index contributed by atoms with van der Waals surface area (Å²) in [6.45, 7) is 0.801. The van der Waals surface area contributed by atoms with E-state index in [1.54, 1.807) is 12.4 Å². The van der Waals surface area contributed by atoms with E-state index in [1.165, 1.54) is 5.56 Å². The average Bonchev–Trinajstić information content (AvgIpc) is 2.89. The third-order valence-electron chi connectivity index (χ3n) is 2.63. The van der Waals surface area contributed by atoms with E-state index in [1.807, 2.05) is 36.7 Å². The van der Waals surface area contributed by atoms with E-state index in [2.05, 4.69) is 20.3 Å². The van der Waals surface area contributed by atoms with Crippen LogP contribution in [0.25, 0.3) is 11.0 Å². The molecule has 0 saturated carbocycles. The van der Waals surface area contributed by atoms with Crippen molar-refractivity contribution in [2.24, 2.45) is 0 Å². The molecule has 0 atom stereocenters. The Morgan fingerprint density at radius 3 is 2.76 bits per heavy atom. The third kappa shape index (κ3) is 2.10. The third-order valence-corrected chi connectivity index (χ3v) is 2.63. The van der Waals surface area contributed by atoms with E-state index in [0.29, 0.717) is 0 Å². The number of nitrogens with one attached hydrogen (secondary N) is 2. The van der Waals surface area contributed by atoms with Gasteiger partial charge in [-0.25, -0.2) is 0 Å². The van der Waals surface area contributed by atoms with Crippen LogP contribution in [0.1, 0.15) is 5.56 Å². The number of aromatic amines is 1. The number of fused-ring (bicyclic) bond motifs is 1. The van der Waals surface area contributed by atoms with Crippen LogP contribution in [0.2, 0.25) is 0 Å². The first-order valence-corrected chi connectivity index (χ1v) is 5.48. The fourth-order valence-corrected chi connectivity index (χ4v) is 1.75. The molecule has 4 nitrogen and oxygen atoms in total. The lowest BCUT2D eigenvalue weighted by Gasteiger charge is -2.05.